The second kappa shape index (κ2) is 24.8. The fourth-order valence-corrected chi connectivity index (χ4v) is 15.1. The summed E-state index contributed by atoms with van der Waals surface area (Å²) in [5.41, 5.74) is 24.8. The number of rotatable bonds is 14. The Morgan fingerprint density at radius 1 is 0.153 bits per heavy atom. The molecule has 0 aliphatic rings. The Morgan fingerprint density at radius 3 is 0.857 bits per heavy atom. The van der Waals surface area contributed by atoms with Gasteiger partial charge in [-0.15, -0.1) is 0 Å². The van der Waals surface area contributed by atoms with E-state index in [4.69, 9.17) is 0 Å². The molecule has 18 aromatic carbocycles. The van der Waals surface area contributed by atoms with Gasteiger partial charge in [0, 0.05) is 43.9 Å². The molecule has 0 aliphatic heterocycles. The Balaban J connectivity index is 0.961. The van der Waals surface area contributed by atoms with E-state index in [0.717, 1.165) is 144 Å². The first kappa shape index (κ1) is 57.8. The first-order valence-corrected chi connectivity index (χ1v) is 33.8. The first-order valence-electron chi connectivity index (χ1n) is 33.8. The van der Waals surface area contributed by atoms with Crippen molar-refractivity contribution in [3.8, 4) is 89.0 Å². The third-order valence-corrected chi connectivity index (χ3v) is 19.7. The zero-order valence-corrected chi connectivity index (χ0v) is 53.8. The standard InChI is InChI=1S/C96H64N2/c1-9-25-65(26-10-1)77-43-41-73-45-52-83(70-35-19-6-20-36-70)95(88(73)63-77)97(82-60-80(68-31-15-4-16-32-68)59-81(61-82)69-33-17-5-18-34-69)90-56-49-75-48-55-86-91(57-50-76-47-54-85(90)93(75)94(76)86)98(92-58-51-79(67-29-13-3-14-30-67)62-87(92)72-39-23-8-24-40-72)96-84(71-37-21-7-22-38-71)53-46-74-42-44-78(64-89(74)96)66-27-11-2-12-28-66/h1-64H. The molecule has 0 unspecified atom stereocenters. The molecule has 0 atom stereocenters. The van der Waals surface area contributed by atoms with Crippen LogP contribution < -0.4 is 9.80 Å². The van der Waals surface area contributed by atoms with Crippen LogP contribution in [0.25, 0.3) is 143 Å². The maximum absolute atomic E-state index is 2.61. The molecule has 0 spiro atoms. The normalized spacial score (nSPS) is 11.5. The van der Waals surface area contributed by atoms with Crippen molar-refractivity contribution in [2.45, 2.75) is 0 Å². The zero-order valence-electron chi connectivity index (χ0n) is 53.8. The van der Waals surface area contributed by atoms with Crippen molar-refractivity contribution >= 4 is 88.0 Å². The van der Waals surface area contributed by atoms with E-state index in [1.165, 1.54) is 32.7 Å². The summed E-state index contributed by atoms with van der Waals surface area (Å²) in [6.45, 7) is 0. The summed E-state index contributed by atoms with van der Waals surface area (Å²) in [5, 5.41) is 11.6. The van der Waals surface area contributed by atoms with Crippen LogP contribution in [-0.4, -0.2) is 0 Å². The minimum atomic E-state index is 1.05. The maximum Gasteiger partial charge on any atom is 0.0619 e. The smallest absolute Gasteiger partial charge is 0.0619 e. The zero-order chi connectivity index (χ0) is 64.9. The molecule has 0 N–H and O–H groups in total. The quantitative estimate of drug-likeness (QED) is 0.100. The second-order valence-electron chi connectivity index (χ2n) is 25.5. The molecule has 18 rings (SSSR count). The highest BCUT2D eigenvalue weighted by molar-refractivity contribution is 6.29. The molecule has 0 aliphatic carbocycles. The van der Waals surface area contributed by atoms with Gasteiger partial charge in [-0.05, 0) is 159 Å². The number of nitrogens with zero attached hydrogens (tertiary/aromatic N) is 2. The molecule has 0 aromatic heterocycles. The number of hydrogen-bond donors (Lipinski definition) is 0. The van der Waals surface area contributed by atoms with Gasteiger partial charge in [0.25, 0.3) is 0 Å². The van der Waals surface area contributed by atoms with Crippen molar-refractivity contribution in [3.63, 3.8) is 0 Å². The molecule has 0 heterocycles. The van der Waals surface area contributed by atoms with E-state index in [2.05, 4.69) is 398 Å². The van der Waals surface area contributed by atoms with Crippen LogP contribution >= 0.6 is 0 Å². The minimum Gasteiger partial charge on any atom is -0.309 e. The van der Waals surface area contributed by atoms with E-state index >= 15 is 0 Å². The van der Waals surface area contributed by atoms with Gasteiger partial charge in [0.2, 0.25) is 0 Å². The predicted octanol–water partition coefficient (Wildman–Crippen LogP) is 27.2. The van der Waals surface area contributed by atoms with E-state index in [1.807, 2.05) is 0 Å². The fraction of sp³-hybridized carbons (Fsp3) is 0. The monoisotopic (exact) mass is 1240 g/mol. The Labute approximate surface area is 571 Å². The molecule has 0 bridgehead atoms. The van der Waals surface area contributed by atoms with E-state index in [0.29, 0.717) is 0 Å². The van der Waals surface area contributed by atoms with E-state index in [-0.39, 0.29) is 0 Å². The van der Waals surface area contributed by atoms with Crippen LogP contribution in [0.2, 0.25) is 0 Å². The molecule has 0 radical (unpaired) electrons. The van der Waals surface area contributed by atoms with Crippen LogP contribution in [0.3, 0.4) is 0 Å². The number of anilines is 6. The average Bonchev–Trinajstić information content (AvgIpc) is 0.718. The number of hydrogen-bond acceptors (Lipinski definition) is 2. The lowest BCUT2D eigenvalue weighted by molar-refractivity contribution is 1.31. The SMILES string of the molecule is c1ccc(-c2cc(-c3ccccc3)cc(N(c3c(-c4ccccc4)ccc4ccc(-c5ccccc5)cc34)c3ccc4ccc5c(N(c6ccc(-c7ccccc7)cc6-c6ccccc6)c6c(-c7ccccc7)ccc7ccc(-c8ccccc8)cc67)ccc6ccc3c4c65)c2)cc1. The van der Waals surface area contributed by atoms with Gasteiger partial charge in [0.05, 0.1) is 28.4 Å². The van der Waals surface area contributed by atoms with Crippen LogP contribution in [0.5, 0.6) is 0 Å². The van der Waals surface area contributed by atoms with Gasteiger partial charge in [-0.25, -0.2) is 0 Å². The molecular weight excluding hydrogens is 1180 g/mol. The molecule has 2 nitrogen and oxygen atoms in total. The predicted molar refractivity (Wildman–Crippen MR) is 418 cm³/mol. The van der Waals surface area contributed by atoms with Crippen LogP contribution in [-0.2, 0) is 0 Å². The molecular formula is C96H64N2. The highest BCUT2D eigenvalue weighted by Gasteiger charge is 2.29. The molecule has 0 saturated heterocycles. The lowest BCUT2D eigenvalue weighted by atomic mass is 9.89. The van der Waals surface area contributed by atoms with Crippen molar-refractivity contribution in [1.82, 2.24) is 0 Å². The summed E-state index contributed by atoms with van der Waals surface area (Å²) < 4.78 is 0. The van der Waals surface area contributed by atoms with Crippen molar-refractivity contribution in [2.24, 2.45) is 0 Å². The van der Waals surface area contributed by atoms with Crippen LogP contribution in [0.1, 0.15) is 0 Å². The minimum absolute atomic E-state index is 1.05. The van der Waals surface area contributed by atoms with Crippen LogP contribution in [0.4, 0.5) is 34.1 Å². The van der Waals surface area contributed by atoms with Gasteiger partial charge in [0.15, 0.2) is 0 Å². The summed E-state index contributed by atoms with van der Waals surface area (Å²) in [6.07, 6.45) is 0. The van der Waals surface area contributed by atoms with E-state index in [1.54, 1.807) is 0 Å². The second-order valence-corrected chi connectivity index (χ2v) is 25.5. The highest BCUT2D eigenvalue weighted by atomic mass is 15.2. The summed E-state index contributed by atoms with van der Waals surface area (Å²) in [6, 6.07) is 144. The Morgan fingerprint density at radius 2 is 0.449 bits per heavy atom. The van der Waals surface area contributed by atoms with E-state index < -0.39 is 0 Å². The summed E-state index contributed by atoms with van der Waals surface area (Å²) in [7, 11) is 0. The molecule has 458 valence electrons. The third-order valence-electron chi connectivity index (χ3n) is 19.7. The average molecular weight is 1250 g/mol. The van der Waals surface area contributed by atoms with E-state index in [9.17, 15) is 0 Å². The topological polar surface area (TPSA) is 6.48 Å². The lowest BCUT2D eigenvalue weighted by Gasteiger charge is -2.33. The Kier molecular flexibility index (Phi) is 14.6. The molecule has 0 amide bonds. The van der Waals surface area contributed by atoms with Crippen LogP contribution in [0, 0.1) is 0 Å². The van der Waals surface area contributed by atoms with Gasteiger partial charge in [-0.1, -0.05) is 334 Å². The fourth-order valence-electron chi connectivity index (χ4n) is 15.1. The number of fused-ring (bicyclic) bond motifs is 2. The lowest BCUT2D eigenvalue weighted by Crippen LogP contribution is -2.14. The summed E-state index contributed by atoms with van der Waals surface area (Å²) in [5.74, 6) is 0. The molecule has 0 fully saturated rings. The third kappa shape index (κ3) is 10.4. The summed E-state index contributed by atoms with van der Waals surface area (Å²) >= 11 is 0. The van der Waals surface area contributed by atoms with Crippen LogP contribution in [0.15, 0.2) is 388 Å². The van der Waals surface area contributed by atoms with Crippen molar-refractivity contribution in [2.75, 3.05) is 9.80 Å². The van der Waals surface area contributed by atoms with Gasteiger partial charge >= 0.3 is 0 Å². The van der Waals surface area contributed by atoms with Crippen molar-refractivity contribution in [1.29, 1.82) is 0 Å². The Bertz CT molecular complexity index is 5870. The van der Waals surface area contributed by atoms with Crippen molar-refractivity contribution < 1.29 is 0 Å². The first-order chi connectivity index (χ1) is 48.6. The van der Waals surface area contributed by atoms with Gasteiger partial charge in [0.1, 0.15) is 0 Å². The molecule has 2 heteroatoms. The van der Waals surface area contributed by atoms with Gasteiger partial charge in [-0.2, -0.15) is 0 Å². The Hall–Kier alpha value is -12.9. The molecule has 0 saturated carbocycles. The van der Waals surface area contributed by atoms with Gasteiger partial charge in [-0.3, -0.25) is 0 Å². The van der Waals surface area contributed by atoms with Crippen molar-refractivity contribution in [3.05, 3.63) is 388 Å². The molecule has 18 aromatic rings. The largest absolute Gasteiger partial charge is 0.309 e. The summed E-state index contributed by atoms with van der Waals surface area (Å²) in [4.78, 5) is 5.22. The maximum atomic E-state index is 2.61. The van der Waals surface area contributed by atoms with Gasteiger partial charge < -0.3 is 9.80 Å². The number of benzene rings is 18. The molecule has 98 heavy (non-hydrogen) atoms. The highest BCUT2D eigenvalue weighted by Crippen LogP contribution is 2.55.